The van der Waals surface area contributed by atoms with Crippen LogP contribution in [-0.2, 0) is 21.6 Å². The van der Waals surface area contributed by atoms with E-state index in [1.165, 1.54) is 6.26 Å². The molecule has 0 amide bonds. The van der Waals surface area contributed by atoms with E-state index in [9.17, 15) is 8.42 Å². The Labute approximate surface area is 150 Å². The summed E-state index contributed by atoms with van der Waals surface area (Å²) in [5.41, 5.74) is 1.03. The van der Waals surface area contributed by atoms with Crippen molar-refractivity contribution in [2.45, 2.75) is 31.6 Å². The van der Waals surface area contributed by atoms with E-state index in [1.54, 1.807) is 18.5 Å². The molecule has 0 spiro atoms. The molecule has 1 aromatic heterocycles. The van der Waals surface area contributed by atoms with Crippen molar-refractivity contribution in [1.82, 2.24) is 20.0 Å². The second kappa shape index (κ2) is 7.74. The van der Waals surface area contributed by atoms with Crippen molar-refractivity contribution in [2.24, 2.45) is 12.0 Å². The molecule has 0 saturated carbocycles. The highest BCUT2D eigenvalue weighted by Gasteiger charge is 2.31. The van der Waals surface area contributed by atoms with Gasteiger partial charge in [0.05, 0.1) is 30.6 Å². The van der Waals surface area contributed by atoms with Crippen LogP contribution in [0.4, 0.5) is 0 Å². The van der Waals surface area contributed by atoms with Gasteiger partial charge in [-0.3, -0.25) is 9.67 Å². The molecule has 1 fully saturated rings. The van der Waals surface area contributed by atoms with Crippen LogP contribution in [0.2, 0.25) is 0 Å². The number of aryl methyl sites for hydroxylation is 1. The zero-order valence-corrected chi connectivity index (χ0v) is 16.5. The van der Waals surface area contributed by atoms with Gasteiger partial charge in [-0.2, -0.15) is 5.10 Å². The third kappa shape index (κ3) is 4.94. The average Bonchev–Trinajstić information content (AvgIpc) is 2.97. The molecule has 2 rings (SSSR count). The summed E-state index contributed by atoms with van der Waals surface area (Å²) in [6.45, 7) is 8.27. The maximum atomic E-state index is 11.9. The van der Waals surface area contributed by atoms with Crippen LogP contribution >= 0.6 is 0 Å². The summed E-state index contributed by atoms with van der Waals surface area (Å²) < 4.78 is 30.5. The quantitative estimate of drug-likeness (QED) is 0.602. The van der Waals surface area contributed by atoms with Crippen LogP contribution in [0.1, 0.15) is 32.4 Å². The van der Waals surface area contributed by atoms with Crippen molar-refractivity contribution in [3.05, 3.63) is 18.0 Å². The molecule has 1 saturated heterocycles. The second-order valence-corrected chi connectivity index (χ2v) is 9.60. The lowest BCUT2D eigenvalue weighted by Gasteiger charge is -2.35. The minimum absolute atomic E-state index is 0.0748. The van der Waals surface area contributed by atoms with E-state index < -0.39 is 14.6 Å². The molecule has 1 unspecified atom stereocenters. The van der Waals surface area contributed by atoms with Crippen LogP contribution in [-0.4, -0.2) is 72.8 Å². The third-order valence-corrected chi connectivity index (χ3v) is 6.55. The molecule has 1 atom stereocenters. The number of hydrogen-bond donors (Lipinski definition) is 1. The summed E-state index contributed by atoms with van der Waals surface area (Å²) in [4.78, 5) is 6.70. The average molecular weight is 372 g/mol. The summed E-state index contributed by atoms with van der Waals surface area (Å²) >= 11 is 0. The summed E-state index contributed by atoms with van der Waals surface area (Å²) in [7, 11) is -1.31. The lowest BCUT2D eigenvalue weighted by Crippen LogP contribution is -2.49. The van der Waals surface area contributed by atoms with Crippen molar-refractivity contribution >= 4 is 15.8 Å². The van der Waals surface area contributed by atoms with Crippen LogP contribution in [0.25, 0.3) is 0 Å². The number of nitrogens with zero attached hydrogens (tertiary/aromatic N) is 4. The molecule has 1 aromatic rings. The number of aromatic nitrogens is 2. The van der Waals surface area contributed by atoms with Gasteiger partial charge in [0.1, 0.15) is 6.10 Å². The van der Waals surface area contributed by atoms with Gasteiger partial charge < -0.3 is 15.0 Å². The van der Waals surface area contributed by atoms with Gasteiger partial charge in [-0.1, -0.05) is 0 Å². The number of hydrogen-bond acceptors (Lipinski definition) is 5. The number of guanidine groups is 1. The van der Waals surface area contributed by atoms with Gasteiger partial charge in [-0.05, 0) is 20.8 Å². The maximum absolute atomic E-state index is 11.9. The first-order valence-corrected chi connectivity index (χ1v) is 10.4. The highest BCUT2D eigenvalue weighted by molar-refractivity contribution is 7.92. The number of nitrogens with one attached hydrogen (secondary N) is 1. The molecule has 0 aliphatic carbocycles. The van der Waals surface area contributed by atoms with E-state index in [0.29, 0.717) is 26.2 Å². The van der Waals surface area contributed by atoms with Crippen molar-refractivity contribution < 1.29 is 13.2 Å². The summed E-state index contributed by atoms with van der Waals surface area (Å²) in [5, 5.41) is 7.46. The van der Waals surface area contributed by atoms with Gasteiger partial charge >= 0.3 is 0 Å². The standard InChI is InChI=1S/C16H29N5O3S/c1-6-17-15(18-12-16(2,3)25(5,22)23)21-7-8-24-14(11-21)13-9-19-20(4)10-13/h9-10,14H,6-8,11-12H2,1-5H3,(H,17,18). The fraction of sp³-hybridized carbons (Fsp3) is 0.750. The maximum Gasteiger partial charge on any atom is 0.194 e. The fourth-order valence-corrected chi connectivity index (χ4v) is 2.76. The molecular formula is C16H29N5O3S. The molecule has 1 aliphatic heterocycles. The van der Waals surface area contributed by atoms with E-state index in [4.69, 9.17) is 4.74 Å². The van der Waals surface area contributed by atoms with E-state index in [1.807, 2.05) is 26.4 Å². The first-order valence-electron chi connectivity index (χ1n) is 8.47. The topological polar surface area (TPSA) is 88.8 Å². The zero-order valence-electron chi connectivity index (χ0n) is 15.7. The second-order valence-electron chi connectivity index (χ2n) is 6.95. The summed E-state index contributed by atoms with van der Waals surface area (Å²) in [6, 6.07) is 0. The van der Waals surface area contributed by atoms with Crippen molar-refractivity contribution in [1.29, 1.82) is 0 Å². The number of sulfone groups is 1. The van der Waals surface area contributed by atoms with Gasteiger partial charge in [0.25, 0.3) is 0 Å². The van der Waals surface area contributed by atoms with Gasteiger partial charge in [0, 0.05) is 38.2 Å². The predicted octanol–water partition coefficient (Wildman–Crippen LogP) is 0.582. The number of rotatable bonds is 5. The Kier molecular flexibility index (Phi) is 6.10. The normalized spacial score (nSPS) is 20.0. The molecule has 142 valence electrons. The molecule has 1 N–H and O–H groups in total. The number of aliphatic imine (C=N–C) groups is 1. The monoisotopic (exact) mass is 371 g/mol. The van der Waals surface area contributed by atoms with E-state index in [0.717, 1.165) is 11.5 Å². The van der Waals surface area contributed by atoms with Crippen molar-refractivity contribution in [3.8, 4) is 0 Å². The first-order chi connectivity index (χ1) is 11.6. The highest BCUT2D eigenvalue weighted by Crippen LogP contribution is 2.22. The van der Waals surface area contributed by atoms with Crippen LogP contribution < -0.4 is 5.32 Å². The number of morpholine rings is 1. The molecule has 2 heterocycles. The van der Waals surface area contributed by atoms with E-state index >= 15 is 0 Å². The molecule has 8 nitrogen and oxygen atoms in total. The Morgan fingerprint density at radius 3 is 2.80 bits per heavy atom. The molecule has 0 aromatic carbocycles. The van der Waals surface area contributed by atoms with Gasteiger partial charge in [-0.15, -0.1) is 0 Å². The smallest absolute Gasteiger partial charge is 0.194 e. The minimum atomic E-state index is -3.18. The largest absolute Gasteiger partial charge is 0.370 e. The van der Waals surface area contributed by atoms with Crippen LogP contribution in [0.15, 0.2) is 17.4 Å². The van der Waals surface area contributed by atoms with E-state index in [-0.39, 0.29) is 12.6 Å². The fourth-order valence-electron chi connectivity index (χ4n) is 2.46. The lowest BCUT2D eigenvalue weighted by molar-refractivity contribution is -0.00805. The molecule has 9 heteroatoms. The molecule has 0 radical (unpaired) electrons. The van der Waals surface area contributed by atoms with Crippen molar-refractivity contribution in [3.63, 3.8) is 0 Å². The van der Waals surface area contributed by atoms with Crippen LogP contribution in [0.5, 0.6) is 0 Å². The highest BCUT2D eigenvalue weighted by atomic mass is 32.2. The lowest BCUT2D eigenvalue weighted by atomic mass is 10.1. The SMILES string of the molecule is CCNC(=NCC(C)(C)S(C)(=O)=O)N1CCOC(c2cnn(C)c2)C1. The van der Waals surface area contributed by atoms with Gasteiger partial charge in [0.15, 0.2) is 15.8 Å². The van der Waals surface area contributed by atoms with Gasteiger partial charge in [0.2, 0.25) is 0 Å². The van der Waals surface area contributed by atoms with E-state index in [2.05, 4.69) is 20.3 Å². The third-order valence-electron chi connectivity index (χ3n) is 4.41. The number of ether oxygens (including phenoxy) is 1. The molecule has 0 bridgehead atoms. The van der Waals surface area contributed by atoms with Crippen LogP contribution in [0.3, 0.4) is 0 Å². The molecule has 25 heavy (non-hydrogen) atoms. The first kappa shape index (κ1) is 19.7. The predicted molar refractivity (Wildman–Crippen MR) is 98.4 cm³/mol. The minimum Gasteiger partial charge on any atom is -0.370 e. The Morgan fingerprint density at radius 1 is 1.52 bits per heavy atom. The Balaban J connectivity index is 2.14. The van der Waals surface area contributed by atoms with Crippen molar-refractivity contribution in [2.75, 3.05) is 39.0 Å². The Hall–Kier alpha value is -1.61. The Bertz CT molecular complexity index is 711. The summed E-state index contributed by atoms with van der Waals surface area (Å²) in [5.74, 6) is 0.719. The van der Waals surface area contributed by atoms with Crippen LogP contribution in [0, 0.1) is 0 Å². The molecular weight excluding hydrogens is 342 g/mol. The molecule has 1 aliphatic rings. The van der Waals surface area contributed by atoms with Gasteiger partial charge in [-0.25, -0.2) is 8.42 Å². The zero-order chi connectivity index (χ0) is 18.7. The summed E-state index contributed by atoms with van der Waals surface area (Å²) in [6.07, 6.45) is 4.94. The Morgan fingerprint density at radius 2 is 2.24 bits per heavy atom.